The summed E-state index contributed by atoms with van der Waals surface area (Å²) in [5, 5.41) is 13.4. The fourth-order valence-electron chi connectivity index (χ4n) is 2.38. The van der Waals surface area contributed by atoms with Crippen molar-refractivity contribution in [3.8, 4) is 0 Å². The highest BCUT2D eigenvalue weighted by atomic mass is 35.5. The molecule has 2 amide bonds. The van der Waals surface area contributed by atoms with Crippen LogP contribution in [0.2, 0.25) is 5.02 Å². The number of hydrogen-bond acceptors (Lipinski definition) is 5. The fraction of sp³-hybridized carbons (Fsp3) is 0.125. The molecule has 8 nitrogen and oxygen atoms in total. The minimum absolute atomic E-state index is 0.0222. The predicted molar refractivity (Wildman–Crippen MR) is 91.2 cm³/mol. The van der Waals surface area contributed by atoms with Crippen LogP contribution in [0.4, 0.5) is 21.9 Å². The van der Waals surface area contributed by atoms with E-state index in [0.717, 1.165) is 6.07 Å². The number of carbonyl (C=O) groups is 2. The number of non-ortho nitro benzene ring substituents is 1. The standard InChI is InChI=1S/C16H12ClN3O5/c17-14-9-12(20(23)24)4-5-13(14)15(21)18-10-2-1-3-11(8-10)19-6-7-25-16(19)22/h1-5,8-9H,6-7H2,(H,18,21). The highest BCUT2D eigenvalue weighted by molar-refractivity contribution is 6.34. The summed E-state index contributed by atoms with van der Waals surface area (Å²) in [4.78, 5) is 35.5. The first-order valence-electron chi connectivity index (χ1n) is 7.25. The summed E-state index contributed by atoms with van der Waals surface area (Å²) in [5.41, 5.74) is 0.959. The van der Waals surface area contributed by atoms with Crippen molar-refractivity contribution in [3.05, 3.63) is 63.2 Å². The third-order valence-electron chi connectivity index (χ3n) is 3.58. The molecule has 0 unspecified atom stereocenters. The van der Waals surface area contributed by atoms with E-state index in [4.69, 9.17) is 16.3 Å². The van der Waals surface area contributed by atoms with Crippen LogP contribution >= 0.6 is 11.6 Å². The van der Waals surface area contributed by atoms with Gasteiger partial charge in [-0.05, 0) is 24.3 Å². The van der Waals surface area contributed by atoms with E-state index in [0.29, 0.717) is 24.5 Å². The van der Waals surface area contributed by atoms with Gasteiger partial charge in [-0.3, -0.25) is 19.8 Å². The molecule has 128 valence electrons. The lowest BCUT2D eigenvalue weighted by molar-refractivity contribution is -0.384. The number of halogens is 1. The van der Waals surface area contributed by atoms with Crippen molar-refractivity contribution in [1.82, 2.24) is 0 Å². The van der Waals surface area contributed by atoms with Crippen LogP contribution in [0, 0.1) is 10.1 Å². The number of amides is 2. The number of nitro groups is 1. The third-order valence-corrected chi connectivity index (χ3v) is 3.90. The molecule has 0 saturated carbocycles. The topological polar surface area (TPSA) is 102 Å². The molecule has 0 bridgehead atoms. The molecule has 0 aliphatic carbocycles. The second-order valence-corrected chi connectivity index (χ2v) is 5.60. The summed E-state index contributed by atoms with van der Waals surface area (Å²) >= 11 is 5.95. The first-order chi connectivity index (χ1) is 12.0. The van der Waals surface area contributed by atoms with Crippen LogP contribution in [-0.2, 0) is 4.74 Å². The normalized spacial score (nSPS) is 13.5. The Morgan fingerprint density at radius 3 is 2.72 bits per heavy atom. The first kappa shape index (κ1) is 16.7. The molecule has 0 spiro atoms. The zero-order chi connectivity index (χ0) is 18.0. The summed E-state index contributed by atoms with van der Waals surface area (Å²) in [6, 6.07) is 10.3. The van der Waals surface area contributed by atoms with Crippen LogP contribution < -0.4 is 10.2 Å². The number of nitrogens with zero attached hydrogens (tertiary/aromatic N) is 2. The smallest absolute Gasteiger partial charge is 0.414 e. The van der Waals surface area contributed by atoms with Crippen molar-refractivity contribution in [2.45, 2.75) is 0 Å². The van der Waals surface area contributed by atoms with Gasteiger partial charge in [0.1, 0.15) is 6.61 Å². The average Bonchev–Trinajstić information content (AvgIpc) is 3.00. The van der Waals surface area contributed by atoms with E-state index in [9.17, 15) is 19.7 Å². The lowest BCUT2D eigenvalue weighted by Crippen LogP contribution is -2.23. The van der Waals surface area contributed by atoms with Gasteiger partial charge in [0.15, 0.2) is 0 Å². The van der Waals surface area contributed by atoms with Gasteiger partial charge in [0.05, 0.1) is 22.1 Å². The molecule has 1 fully saturated rings. The largest absolute Gasteiger partial charge is 0.447 e. The number of nitro benzene ring substituents is 1. The Hall–Kier alpha value is -3.13. The Labute approximate surface area is 147 Å². The third kappa shape index (κ3) is 3.53. The number of cyclic esters (lactones) is 1. The van der Waals surface area contributed by atoms with Gasteiger partial charge in [0.25, 0.3) is 11.6 Å². The van der Waals surface area contributed by atoms with Crippen molar-refractivity contribution < 1.29 is 19.2 Å². The number of nitrogens with one attached hydrogen (secondary N) is 1. The van der Waals surface area contributed by atoms with Gasteiger partial charge in [0.2, 0.25) is 0 Å². The van der Waals surface area contributed by atoms with Crippen molar-refractivity contribution in [2.24, 2.45) is 0 Å². The van der Waals surface area contributed by atoms with Gasteiger partial charge in [-0.15, -0.1) is 0 Å². The highest BCUT2D eigenvalue weighted by Gasteiger charge is 2.23. The molecule has 3 rings (SSSR count). The van der Waals surface area contributed by atoms with Crippen molar-refractivity contribution in [1.29, 1.82) is 0 Å². The summed E-state index contributed by atoms with van der Waals surface area (Å²) in [6.45, 7) is 0.748. The van der Waals surface area contributed by atoms with Crippen LogP contribution in [-0.4, -0.2) is 30.1 Å². The van der Waals surface area contributed by atoms with Gasteiger partial charge in [-0.1, -0.05) is 17.7 Å². The molecule has 2 aromatic rings. The van der Waals surface area contributed by atoms with Gasteiger partial charge in [-0.2, -0.15) is 0 Å². The predicted octanol–water partition coefficient (Wildman–Crippen LogP) is 3.46. The maximum Gasteiger partial charge on any atom is 0.414 e. The highest BCUT2D eigenvalue weighted by Crippen LogP contribution is 2.25. The Morgan fingerprint density at radius 1 is 1.28 bits per heavy atom. The molecular formula is C16H12ClN3O5. The first-order valence-corrected chi connectivity index (χ1v) is 7.63. The van der Waals surface area contributed by atoms with Gasteiger partial charge in [0, 0.05) is 23.5 Å². The molecule has 2 aromatic carbocycles. The average molecular weight is 362 g/mol. The van der Waals surface area contributed by atoms with Gasteiger partial charge in [-0.25, -0.2) is 4.79 Å². The lowest BCUT2D eigenvalue weighted by Gasteiger charge is -2.14. The van der Waals surface area contributed by atoms with Crippen LogP contribution in [0.3, 0.4) is 0 Å². The number of carbonyl (C=O) groups excluding carboxylic acids is 2. The number of anilines is 2. The summed E-state index contributed by atoms with van der Waals surface area (Å²) in [5.74, 6) is -0.513. The van der Waals surface area contributed by atoms with Gasteiger partial charge >= 0.3 is 6.09 Å². The number of hydrogen-bond donors (Lipinski definition) is 1. The fourth-order valence-corrected chi connectivity index (χ4v) is 2.64. The molecular weight excluding hydrogens is 350 g/mol. The SMILES string of the molecule is O=C(Nc1cccc(N2CCOC2=O)c1)c1ccc([N+](=O)[O-])cc1Cl. The maximum absolute atomic E-state index is 12.3. The Balaban J connectivity index is 1.79. The number of ether oxygens (including phenoxy) is 1. The van der Waals surface area contributed by atoms with E-state index in [1.165, 1.54) is 17.0 Å². The van der Waals surface area contributed by atoms with E-state index < -0.39 is 16.9 Å². The van der Waals surface area contributed by atoms with E-state index in [2.05, 4.69) is 5.32 Å². The Kier molecular flexibility index (Phi) is 4.53. The zero-order valence-electron chi connectivity index (χ0n) is 12.8. The molecule has 1 saturated heterocycles. The van der Waals surface area contributed by atoms with Gasteiger partial charge < -0.3 is 10.1 Å². The van der Waals surface area contributed by atoms with E-state index >= 15 is 0 Å². The van der Waals surface area contributed by atoms with E-state index in [1.807, 2.05) is 0 Å². The van der Waals surface area contributed by atoms with E-state index in [1.54, 1.807) is 24.3 Å². The Morgan fingerprint density at radius 2 is 2.08 bits per heavy atom. The molecule has 9 heteroatoms. The quantitative estimate of drug-likeness (QED) is 0.663. The molecule has 1 N–H and O–H groups in total. The lowest BCUT2D eigenvalue weighted by atomic mass is 10.2. The van der Waals surface area contributed by atoms with Crippen LogP contribution in [0.5, 0.6) is 0 Å². The summed E-state index contributed by atoms with van der Waals surface area (Å²) in [6.07, 6.45) is -0.443. The second kappa shape index (κ2) is 6.78. The van der Waals surface area contributed by atoms with E-state index in [-0.39, 0.29) is 16.3 Å². The number of rotatable bonds is 4. The molecule has 0 aromatic heterocycles. The molecule has 1 aliphatic heterocycles. The molecule has 1 heterocycles. The van der Waals surface area contributed by atoms with Crippen LogP contribution in [0.15, 0.2) is 42.5 Å². The molecule has 0 atom stereocenters. The monoisotopic (exact) mass is 361 g/mol. The Bertz CT molecular complexity index is 871. The zero-order valence-corrected chi connectivity index (χ0v) is 13.5. The maximum atomic E-state index is 12.3. The summed E-state index contributed by atoms with van der Waals surface area (Å²) < 4.78 is 4.88. The summed E-state index contributed by atoms with van der Waals surface area (Å²) in [7, 11) is 0. The van der Waals surface area contributed by atoms with Crippen LogP contribution in [0.1, 0.15) is 10.4 Å². The van der Waals surface area contributed by atoms with Crippen LogP contribution in [0.25, 0.3) is 0 Å². The minimum atomic E-state index is -0.591. The van der Waals surface area contributed by atoms with Crippen molar-refractivity contribution >= 4 is 40.7 Å². The van der Waals surface area contributed by atoms with Crippen molar-refractivity contribution in [3.63, 3.8) is 0 Å². The minimum Gasteiger partial charge on any atom is -0.447 e. The van der Waals surface area contributed by atoms with Crippen molar-refractivity contribution in [2.75, 3.05) is 23.4 Å². The second-order valence-electron chi connectivity index (χ2n) is 5.19. The molecule has 1 aliphatic rings. The molecule has 0 radical (unpaired) electrons. The number of benzene rings is 2. The molecule has 25 heavy (non-hydrogen) atoms.